The predicted molar refractivity (Wildman–Crippen MR) is 238 cm³/mol. The van der Waals surface area contributed by atoms with E-state index in [0.717, 1.165) is 47.0 Å². The van der Waals surface area contributed by atoms with E-state index in [4.69, 9.17) is 28.4 Å². The monoisotopic (exact) mass is 792 g/mol. The van der Waals surface area contributed by atoms with Crippen molar-refractivity contribution in [1.82, 2.24) is 0 Å². The number of ether oxygens (including phenoxy) is 6. The van der Waals surface area contributed by atoms with Gasteiger partial charge < -0.3 is 38.2 Å². The molecule has 1 aliphatic rings. The van der Waals surface area contributed by atoms with E-state index in [2.05, 4.69) is 168 Å². The number of rotatable bonds is 24. The van der Waals surface area contributed by atoms with Crippen LogP contribution in [0.25, 0.3) is 11.1 Å². The molecule has 0 fully saturated rings. The average molecular weight is 793 g/mol. The first-order valence-corrected chi connectivity index (χ1v) is 20.6. The van der Waals surface area contributed by atoms with E-state index in [9.17, 15) is 0 Å². The zero-order chi connectivity index (χ0) is 40.5. The molecule has 8 heteroatoms. The van der Waals surface area contributed by atoms with Crippen LogP contribution in [0.5, 0.6) is 0 Å². The van der Waals surface area contributed by atoms with Crippen LogP contribution >= 0.6 is 0 Å². The van der Waals surface area contributed by atoms with Gasteiger partial charge in [-0.15, -0.1) is 0 Å². The number of anilines is 6. The van der Waals surface area contributed by atoms with E-state index in [1.807, 2.05) is 0 Å². The van der Waals surface area contributed by atoms with Crippen LogP contribution in [0.2, 0.25) is 0 Å². The van der Waals surface area contributed by atoms with Crippen molar-refractivity contribution in [2.24, 2.45) is 0 Å². The molecule has 0 saturated heterocycles. The van der Waals surface area contributed by atoms with Crippen LogP contribution in [0.1, 0.15) is 24.0 Å². The minimum atomic E-state index is -0.442. The number of nitrogens with zero attached hydrogens (tertiary/aromatic N) is 2. The third-order valence-electron chi connectivity index (χ3n) is 10.9. The first-order chi connectivity index (χ1) is 29.2. The van der Waals surface area contributed by atoms with Gasteiger partial charge in [-0.25, -0.2) is 0 Å². The first kappa shape index (κ1) is 41.8. The van der Waals surface area contributed by atoms with Crippen molar-refractivity contribution in [2.75, 3.05) is 90.1 Å². The molecule has 59 heavy (non-hydrogen) atoms. The Bertz CT molecular complexity index is 1900. The van der Waals surface area contributed by atoms with Gasteiger partial charge in [0.05, 0.1) is 52.9 Å². The Morgan fingerprint density at radius 3 is 0.966 bits per heavy atom. The minimum Gasteiger partial charge on any atom is -0.382 e. The number of benzene rings is 6. The molecule has 0 amide bonds. The van der Waals surface area contributed by atoms with Crippen molar-refractivity contribution in [3.05, 3.63) is 169 Å². The fraction of sp³-hybridized carbons (Fsp3) is 0.294. The van der Waals surface area contributed by atoms with Crippen LogP contribution in [-0.2, 0) is 33.8 Å². The summed E-state index contributed by atoms with van der Waals surface area (Å²) in [5, 5.41) is 0. The number of fused-ring (bicyclic) bond motifs is 3. The van der Waals surface area contributed by atoms with Gasteiger partial charge in [0.1, 0.15) is 0 Å². The molecular formula is C51H56N2O6. The van der Waals surface area contributed by atoms with Crippen LogP contribution in [0.3, 0.4) is 0 Å². The summed E-state index contributed by atoms with van der Waals surface area (Å²) in [6, 6.07) is 56.3. The predicted octanol–water partition coefficient (Wildman–Crippen LogP) is 11.0. The van der Waals surface area contributed by atoms with Crippen LogP contribution in [0.4, 0.5) is 34.1 Å². The zero-order valence-electron chi connectivity index (χ0n) is 34.3. The van der Waals surface area contributed by atoms with Gasteiger partial charge in [0.25, 0.3) is 0 Å². The van der Waals surface area contributed by atoms with Crippen molar-refractivity contribution in [3.8, 4) is 11.1 Å². The fourth-order valence-corrected chi connectivity index (χ4v) is 8.04. The lowest BCUT2D eigenvalue weighted by Gasteiger charge is -2.34. The summed E-state index contributed by atoms with van der Waals surface area (Å²) in [4.78, 5) is 4.68. The SMILES string of the molecule is COCCOCCOCCC1(CCOCCOCCOC)c2cc(N(c3ccccc3)c3ccccc3)ccc2-c2ccc(N(c3ccccc3)c3ccccc3)cc21. The van der Waals surface area contributed by atoms with Crippen molar-refractivity contribution in [1.29, 1.82) is 0 Å². The maximum Gasteiger partial charge on any atom is 0.0701 e. The number of hydrogen-bond acceptors (Lipinski definition) is 8. The lowest BCUT2D eigenvalue weighted by atomic mass is 9.73. The number of methoxy groups -OCH3 is 2. The molecule has 7 rings (SSSR count). The van der Waals surface area contributed by atoms with Gasteiger partial charge in [-0.05, 0) is 108 Å². The first-order valence-electron chi connectivity index (χ1n) is 20.6. The fourth-order valence-electron chi connectivity index (χ4n) is 8.04. The summed E-state index contributed by atoms with van der Waals surface area (Å²) in [6.45, 7) is 5.32. The molecule has 0 aromatic heterocycles. The molecular weight excluding hydrogens is 737 g/mol. The quantitative estimate of drug-likeness (QED) is 0.0562. The Morgan fingerprint density at radius 2 is 0.644 bits per heavy atom. The van der Waals surface area contributed by atoms with E-state index in [1.54, 1.807) is 14.2 Å². The van der Waals surface area contributed by atoms with Gasteiger partial charge in [0, 0.05) is 67.0 Å². The molecule has 8 nitrogen and oxygen atoms in total. The highest BCUT2D eigenvalue weighted by Gasteiger charge is 2.44. The van der Waals surface area contributed by atoms with Gasteiger partial charge >= 0.3 is 0 Å². The summed E-state index contributed by atoms with van der Waals surface area (Å²) in [5.74, 6) is 0. The Morgan fingerprint density at radius 1 is 0.339 bits per heavy atom. The van der Waals surface area contributed by atoms with E-state index in [-0.39, 0.29) is 0 Å². The van der Waals surface area contributed by atoms with Crippen molar-refractivity contribution in [3.63, 3.8) is 0 Å². The Labute approximate surface area is 349 Å². The molecule has 0 bridgehead atoms. The van der Waals surface area contributed by atoms with Crippen LogP contribution < -0.4 is 9.80 Å². The minimum absolute atomic E-state index is 0.442. The van der Waals surface area contributed by atoms with Crippen LogP contribution in [0, 0.1) is 0 Å². The molecule has 0 heterocycles. The van der Waals surface area contributed by atoms with Gasteiger partial charge in [0.2, 0.25) is 0 Å². The molecule has 6 aromatic carbocycles. The second-order valence-corrected chi connectivity index (χ2v) is 14.5. The maximum absolute atomic E-state index is 6.39. The van der Waals surface area contributed by atoms with Crippen LogP contribution in [-0.4, -0.2) is 80.3 Å². The summed E-state index contributed by atoms with van der Waals surface area (Å²) < 4.78 is 34.6. The molecule has 1 aliphatic carbocycles. The molecule has 0 spiro atoms. The highest BCUT2D eigenvalue weighted by atomic mass is 16.5. The molecule has 0 saturated carbocycles. The maximum atomic E-state index is 6.39. The highest BCUT2D eigenvalue weighted by molar-refractivity contribution is 5.88. The lowest BCUT2D eigenvalue weighted by molar-refractivity contribution is 0.0145. The van der Waals surface area contributed by atoms with E-state index < -0.39 is 5.41 Å². The normalized spacial score (nSPS) is 12.6. The van der Waals surface area contributed by atoms with Gasteiger partial charge in [-0.3, -0.25) is 0 Å². The van der Waals surface area contributed by atoms with Gasteiger partial charge in [0.15, 0.2) is 0 Å². The summed E-state index contributed by atoms with van der Waals surface area (Å²) in [6.07, 6.45) is 1.50. The van der Waals surface area contributed by atoms with E-state index in [1.165, 1.54) is 22.3 Å². The summed E-state index contributed by atoms with van der Waals surface area (Å²) in [7, 11) is 3.37. The Kier molecular flexibility index (Phi) is 15.3. The summed E-state index contributed by atoms with van der Waals surface area (Å²) >= 11 is 0. The van der Waals surface area contributed by atoms with Crippen molar-refractivity contribution >= 4 is 34.1 Å². The van der Waals surface area contributed by atoms with Crippen molar-refractivity contribution in [2.45, 2.75) is 18.3 Å². The largest absolute Gasteiger partial charge is 0.382 e. The average Bonchev–Trinajstić information content (AvgIpc) is 3.55. The molecule has 6 aromatic rings. The van der Waals surface area contributed by atoms with E-state index in [0.29, 0.717) is 66.1 Å². The lowest BCUT2D eigenvalue weighted by Crippen LogP contribution is -2.30. The third-order valence-corrected chi connectivity index (χ3v) is 10.9. The molecule has 0 unspecified atom stereocenters. The molecule has 306 valence electrons. The van der Waals surface area contributed by atoms with E-state index >= 15 is 0 Å². The molecule has 0 radical (unpaired) electrons. The zero-order valence-corrected chi connectivity index (χ0v) is 34.3. The second-order valence-electron chi connectivity index (χ2n) is 14.5. The molecule has 0 aliphatic heterocycles. The Balaban J connectivity index is 1.32. The second kappa shape index (κ2) is 21.6. The standard InChI is InChI=1S/C51H56N2O6/c1-54-31-33-58-37-35-56-29-27-51(28-30-57-36-38-59-34-32-55-2)49-39-45(52(41-15-7-3-8-16-41)42-17-9-4-10-18-42)23-25-47(49)48-26-24-46(40-50(48)51)53(43-19-11-5-12-20-43)44-21-13-6-14-22-44/h3-26,39-40H,27-38H2,1-2H3. The van der Waals surface area contributed by atoms with Crippen LogP contribution in [0.15, 0.2) is 158 Å². The Hall–Kier alpha value is -5.32. The summed E-state index contributed by atoms with van der Waals surface area (Å²) in [5.41, 5.74) is 11.1. The van der Waals surface area contributed by atoms with Crippen molar-refractivity contribution < 1.29 is 28.4 Å². The number of para-hydroxylation sites is 4. The molecule has 0 N–H and O–H groups in total. The highest BCUT2D eigenvalue weighted by Crippen LogP contribution is 2.55. The topological polar surface area (TPSA) is 61.9 Å². The third kappa shape index (κ3) is 10.3. The smallest absolute Gasteiger partial charge is 0.0701 e. The molecule has 0 atom stereocenters. The van der Waals surface area contributed by atoms with Gasteiger partial charge in [-0.2, -0.15) is 0 Å². The van der Waals surface area contributed by atoms with Gasteiger partial charge in [-0.1, -0.05) is 84.9 Å². The number of hydrogen-bond donors (Lipinski definition) is 0.